The monoisotopic (exact) mass is 448 g/mol. The van der Waals surface area contributed by atoms with Crippen molar-refractivity contribution in [2.45, 2.75) is 16.0 Å². The largest absolute Gasteiger partial charge is 0.497 e. The molecule has 1 atom stereocenters. The Hall–Kier alpha value is -1.90. The van der Waals surface area contributed by atoms with Gasteiger partial charge in [-0.2, -0.15) is 0 Å². The predicted octanol–water partition coefficient (Wildman–Crippen LogP) is 4.49. The Balaban J connectivity index is 1.56. The molecular formula is C18H13BrN2O3S2. The first kappa shape index (κ1) is 17.5. The van der Waals surface area contributed by atoms with Gasteiger partial charge in [0.2, 0.25) is 11.8 Å². The Morgan fingerprint density at radius 3 is 2.73 bits per heavy atom. The van der Waals surface area contributed by atoms with E-state index in [1.54, 1.807) is 19.2 Å². The minimum absolute atomic E-state index is 0.179. The summed E-state index contributed by atoms with van der Waals surface area (Å²) in [5.41, 5.74) is 1.43. The van der Waals surface area contributed by atoms with Crippen LogP contribution in [0, 0.1) is 0 Å². The van der Waals surface area contributed by atoms with Crippen LogP contribution in [0.1, 0.15) is 6.42 Å². The first-order chi connectivity index (χ1) is 12.5. The van der Waals surface area contributed by atoms with Crippen molar-refractivity contribution in [2.24, 2.45) is 0 Å². The van der Waals surface area contributed by atoms with E-state index in [0.717, 1.165) is 24.8 Å². The molecule has 0 unspecified atom stereocenters. The van der Waals surface area contributed by atoms with Crippen molar-refractivity contribution >= 4 is 66.7 Å². The molecule has 1 aliphatic heterocycles. The van der Waals surface area contributed by atoms with E-state index in [-0.39, 0.29) is 18.2 Å². The number of thiazole rings is 1. The fourth-order valence-corrected chi connectivity index (χ4v) is 5.32. The van der Waals surface area contributed by atoms with Gasteiger partial charge in [0, 0.05) is 17.0 Å². The van der Waals surface area contributed by atoms with Crippen LogP contribution >= 0.6 is 39.0 Å². The number of hydrogen-bond acceptors (Lipinski definition) is 6. The van der Waals surface area contributed by atoms with Crippen LogP contribution < -0.4 is 9.64 Å². The minimum Gasteiger partial charge on any atom is -0.497 e. The summed E-state index contributed by atoms with van der Waals surface area (Å²) in [5, 5.41) is -0.450. The second-order valence-corrected chi connectivity index (χ2v) is 9.06. The SMILES string of the molecule is COc1ccc2sc(S[C@H]3CC(=O)N(c4ccc(Br)cc4)C3=O)nc2c1. The molecule has 1 saturated heterocycles. The van der Waals surface area contributed by atoms with Crippen LogP contribution in [0.2, 0.25) is 0 Å². The number of thioether (sulfide) groups is 1. The first-order valence-electron chi connectivity index (χ1n) is 7.79. The van der Waals surface area contributed by atoms with Crippen LogP contribution in [0.15, 0.2) is 51.3 Å². The summed E-state index contributed by atoms with van der Waals surface area (Å²) in [7, 11) is 1.61. The lowest BCUT2D eigenvalue weighted by atomic mass is 10.3. The summed E-state index contributed by atoms with van der Waals surface area (Å²) in [4.78, 5) is 31.0. The Morgan fingerprint density at radius 2 is 2.00 bits per heavy atom. The predicted molar refractivity (Wildman–Crippen MR) is 107 cm³/mol. The maximum Gasteiger partial charge on any atom is 0.247 e. The number of fused-ring (bicyclic) bond motifs is 1. The molecular weight excluding hydrogens is 436 g/mol. The molecule has 0 saturated carbocycles. The average Bonchev–Trinajstić information content (AvgIpc) is 3.15. The van der Waals surface area contributed by atoms with Crippen LogP contribution in [0.25, 0.3) is 10.2 Å². The summed E-state index contributed by atoms with van der Waals surface area (Å²) in [6.07, 6.45) is 0.179. The average molecular weight is 449 g/mol. The molecule has 2 heterocycles. The number of rotatable bonds is 4. The lowest BCUT2D eigenvalue weighted by molar-refractivity contribution is -0.121. The molecule has 0 radical (unpaired) electrons. The number of halogens is 1. The van der Waals surface area contributed by atoms with Gasteiger partial charge >= 0.3 is 0 Å². The van der Waals surface area contributed by atoms with Crippen molar-refractivity contribution in [3.63, 3.8) is 0 Å². The molecule has 0 spiro atoms. The second-order valence-electron chi connectivity index (χ2n) is 5.67. The highest BCUT2D eigenvalue weighted by atomic mass is 79.9. The van der Waals surface area contributed by atoms with Crippen molar-refractivity contribution in [1.29, 1.82) is 0 Å². The van der Waals surface area contributed by atoms with Crippen LogP contribution in [0.5, 0.6) is 5.75 Å². The zero-order valence-corrected chi connectivity index (χ0v) is 16.9. The molecule has 8 heteroatoms. The molecule has 1 aliphatic rings. The van der Waals surface area contributed by atoms with E-state index in [2.05, 4.69) is 20.9 Å². The lowest BCUT2D eigenvalue weighted by Crippen LogP contribution is -2.31. The number of hydrogen-bond donors (Lipinski definition) is 0. The van der Waals surface area contributed by atoms with Gasteiger partial charge in [-0.05, 0) is 36.4 Å². The maximum atomic E-state index is 12.8. The lowest BCUT2D eigenvalue weighted by Gasteiger charge is -2.14. The highest BCUT2D eigenvalue weighted by Crippen LogP contribution is 2.38. The number of aromatic nitrogens is 1. The van der Waals surface area contributed by atoms with Crippen LogP contribution in [-0.2, 0) is 9.59 Å². The Labute approximate surface area is 166 Å². The summed E-state index contributed by atoms with van der Waals surface area (Å²) in [6, 6.07) is 12.9. The molecule has 2 amide bonds. The van der Waals surface area contributed by atoms with E-state index in [4.69, 9.17) is 4.74 Å². The van der Waals surface area contributed by atoms with Crippen molar-refractivity contribution in [3.05, 3.63) is 46.9 Å². The third kappa shape index (κ3) is 3.24. The Morgan fingerprint density at radius 1 is 1.23 bits per heavy atom. The van der Waals surface area contributed by atoms with Crippen molar-refractivity contribution in [1.82, 2.24) is 4.98 Å². The van der Waals surface area contributed by atoms with Gasteiger partial charge in [0.05, 0.1) is 23.0 Å². The number of carbonyl (C=O) groups is 2. The van der Waals surface area contributed by atoms with Gasteiger partial charge in [-0.1, -0.05) is 27.7 Å². The molecule has 1 aromatic heterocycles. The Bertz CT molecular complexity index is 1000. The molecule has 0 bridgehead atoms. The summed E-state index contributed by atoms with van der Waals surface area (Å²) >= 11 is 6.22. The van der Waals surface area contributed by atoms with Gasteiger partial charge in [0.15, 0.2) is 4.34 Å². The van der Waals surface area contributed by atoms with E-state index in [9.17, 15) is 9.59 Å². The van der Waals surface area contributed by atoms with Crippen molar-refractivity contribution in [3.8, 4) is 5.75 Å². The van der Waals surface area contributed by atoms with E-state index >= 15 is 0 Å². The number of carbonyl (C=O) groups excluding carboxylic acids is 2. The highest BCUT2D eigenvalue weighted by molar-refractivity contribution is 9.10. The molecule has 0 N–H and O–H groups in total. The molecule has 5 nitrogen and oxygen atoms in total. The fraction of sp³-hybridized carbons (Fsp3) is 0.167. The van der Waals surface area contributed by atoms with Gasteiger partial charge in [0.1, 0.15) is 11.0 Å². The van der Waals surface area contributed by atoms with Crippen LogP contribution in [-0.4, -0.2) is 29.2 Å². The maximum absolute atomic E-state index is 12.8. The van der Waals surface area contributed by atoms with Gasteiger partial charge < -0.3 is 4.74 Å². The smallest absolute Gasteiger partial charge is 0.247 e. The summed E-state index contributed by atoms with van der Waals surface area (Å²) in [6.45, 7) is 0. The van der Waals surface area contributed by atoms with E-state index in [1.807, 2.05) is 30.3 Å². The normalized spacial score (nSPS) is 17.3. The second kappa shape index (κ2) is 7.02. The van der Waals surface area contributed by atoms with Gasteiger partial charge in [-0.3, -0.25) is 9.59 Å². The number of methoxy groups -OCH3 is 1. The van der Waals surface area contributed by atoms with Crippen molar-refractivity contribution < 1.29 is 14.3 Å². The van der Waals surface area contributed by atoms with Gasteiger partial charge in [0.25, 0.3) is 0 Å². The zero-order chi connectivity index (χ0) is 18.3. The molecule has 3 aromatic rings. The standard InChI is InChI=1S/C18H13BrN2O3S2/c1-24-12-6-7-14-13(8-12)20-18(25-14)26-15-9-16(22)21(17(15)23)11-4-2-10(19)3-5-11/h2-8,15H,9H2,1H3/t15-/m0/s1. The number of amides is 2. The number of nitrogens with zero attached hydrogens (tertiary/aromatic N) is 2. The fourth-order valence-electron chi connectivity index (χ4n) is 2.74. The molecule has 1 fully saturated rings. The van der Waals surface area contributed by atoms with Crippen LogP contribution in [0.4, 0.5) is 5.69 Å². The zero-order valence-electron chi connectivity index (χ0n) is 13.6. The number of benzene rings is 2. The number of imide groups is 1. The Kier molecular flexibility index (Phi) is 4.73. The number of ether oxygens (including phenoxy) is 1. The number of anilines is 1. The van der Waals surface area contributed by atoms with Gasteiger partial charge in [-0.25, -0.2) is 9.88 Å². The van der Waals surface area contributed by atoms with Crippen LogP contribution in [0.3, 0.4) is 0 Å². The topological polar surface area (TPSA) is 59.5 Å². The van der Waals surface area contributed by atoms with E-state index in [0.29, 0.717) is 5.69 Å². The summed E-state index contributed by atoms with van der Waals surface area (Å²) < 4.78 is 7.91. The molecule has 26 heavy (non-hydrogen) atoms. The third-order valence-corrected chi connectivity index (χ3v) is 6.85. The first-order valence-corrected chi connectivity index (χ1v) is 10.3. The highest BCUT2D eigenvalue weighted by Gasteiger charge is 2.40. The third-order valence-electron chi connectivity index (χ3n) is 4.01. The van der Waals surface area contributed by atoms with Gasteiger partial charge in [-0.15, -0.1) is 11.3 Å². The van der Waals surface area contributed by atoms with E-state index in [1.165, 1.54) is 28.0 Å². The minimum atomic E-state index is -0.450. The molecule has 132 valence electrons. The molecule has 2 aromatic carbocycles. The quantitative estimate of drug-likeness (QED) is 0.550. The van der Waals surface area contributed by atoms with E-state index < -0.39 is 5.25 Å². The van der Waals surface area contributed by atoms with Crippen molar-refractivity contribution in [2.75, 3.05) is 12.0 Å². The molecule has 0 aliphatic carbocycles. The molecule has 4 rings (SSSR count). The summed E-state index contributed by atoms with van der Waals surface area (Å²) in [5.74, 6) is 0.365.